The van der Waals surface area contributed by atoms with Crippen LogP contribution in [-0.4, -0.2) is 54.5 Å². The van der Waals surface area contributed by atoms with Crippen molar-refractivity contribution < 1.29 is 9.59 Å². The smallest absolute Gasteiger partial charge is 0.273 e. The molecule has 1 heterocycles. The highest BCUT2D eigenvalue weighted by atomic mass is 35.5. The number of hydrogen-bond donors (Lipinski definition) is 6. The van der Waals surface area contributed by atoms with E-state index in [1.807, 2.05) is 0 Å². The van der Waals surface area contributed by atoms with E-state index in [0.29, 0.717) is 19.6 Å². The average Bonchev–Trinajstić information content (AvgIpc) is 2.48. The second kappa shape index (κ2) is 8.97. The summed E-state index contributed by atoms with van der Waals surface area (Å²) in [5.41, 5.74) is 16.1. The van der Waals surface area contributed by atoms with Gasteiger partial charge in [-0.15, -0.1) is 0 Å². The van der Waals surface area contributed by atoms with Crippen molar-refractivity contribution in [3.8, 4) is 0 Å². The lowest BCUT2D eigenvalue weighted by Crippen LogP contribution is -2.39. The number of nitrogens with two attached hydrogens (primary N) is 3. The van der Waals surface area contributed by atoms with Crippen molar-refractivity contribution in [3.05, 3.63) is 10.8 Å². The summed E-state index contributed by atoms with van der Waals surface area (Å²) in [6, 6.07) is 0. The lowest BCUT2D eigenvalue weighted by Gasteiger charge is -2.08. The topological polar surface area (TPSA) is 174 Å². The highest BCUT2D eigenvalue weighted by molar-refractivity contribution is 6.31. The highest BCUT2D eigenvalue weighted by Crippen LogP contribution is 2.16. The third kappa shape index (κ3) is 5.68. The van der Waals surface area contributed by atoms with Crippen molar-refractivity contribution in [1.29, 1.82) is 0 Å². The zero-order valence-electron chi connectivity index (χ0n) is 11.9. The molecule has 0 spiro atoms. The number of carbonyl (C=O) groups excluding carboxylic acids is 2. The molecule has 0 aliphatic carbocycles. The van der Waals surface area contributed by atoms with Crippen LogP contribution in [0.5, 0.6) is 0 Å². The minimum absolute atomic E-state index is 0.0409. The van der Waals surface area contributed by atoms with Crippen LogP contribution in [0, 0.1) is 0 Å². The van der Waals surface area contributed by atoms with Gasteiger partial charge in [0.2, 0.25) is 5.91 Å². The fourth-order valence-corrected chi connectivity index (χ4v) is 1.56. The van der Waals surface area contributed by atoms with Gasteiger partial charge in [0.25, 0.3) is 5.91 Å². The largest absolute Gasteiger partial charge is 0.382 e. The Bertz CT molecular complexity index is 539. The first kappa shape index (κ1) is 17.9. The Morgan fingerprint density at radius 1 is 1.05 bits per heavy atom. The molecule has 122 valence electrons. The van der Waals surface area contributed by atoms with Gasteiger partial charge in [0, 0.05) is 26.2 Å². The predicted molar refractivity (Wildman–Crippen MR) is 83.1 cm³/mol. The number of nitrogens with zero attached hydrogens (tertiary/aromatic N) is 2. The van der Waals surface area contributed by atoms with Crippen LogP contribution in [0.3, 0.4) is 0 Å². The molecule has 10 nitrogen and oxygen atoms in total. The van der Waals surface area contributed by atoms with E-state index < -0.39 is 5.91 Å². The predicted octanol–water partition coefficient (Wildman–Crippen LogP) is -2.31. The first-order valence-electron chi connectivity index (χ1n) is 6.50. The molecule has 0 fully saturated rings. The number of hydrogen-bond acceptors (Lipinski definition) is 8. The molecule has 0 bridgehead atoms. The lowest BCUT2D eigenvalue weighted by molar-refractivity contribution is -0.120. The molecule has 0 radical (unpaired) electrons. The maximum Gasteiger partial charge on any atom is 0.273 e. The summed E-state index contributed by atoms with van der Waals surface area (Å²) in [6.45, 7) is 1.59. The van der Waals surface area contributed by atoms with E-state index in [0.717, 1.165) is 0 Å². The summed E-state index contributed by atoms with van der Waals surface area (Å²) in [6.07, 6.45) is 0. The van der Waals surface area contributed by atoms with Gasteiger partial charge in [-0.25, -0.2) is 9.97 Å². The molecule has 1 aromatic rings. The van der Waals surface area contributed by atoms with Crippen LogP contribution in [0.15, 0.2) is 0 Å². The SMILES string of the molecule is NCCNC(=O)CNCCNC(=O)c1nc(Cl)c(N)nc1N. The molecule has 0 aliphatic heterocycles. The fourth-order valence-electron chi connectivity index (χ4n) is 1.43. The molecule has 1 aromatic heterocycles. The molecular formula is C11H19ClN8O2. The molecule has 2 amide bonds. The Morgan fingerprint density at radius 3 is 2.45 bits per heavy atom. The van der Waals surface area contributed by atoms with Gasteiger partial charge in [0.1, 0.15) is 0 Å². The average molecular weight is 331 g/mol. The van der Waals surface area contributed by atoms with Crippen molar-refractivity contribution in [2.45, 2.75) is 0 Å². The molecule has 11 heteroatoms. The summed E-state index contributed by atoms with van der Waals surface area (Å²) in [5, 5.41) is 7.94. The quantitative estimate of drug-likeness (QED) is 0.288. The molecule has 0 aliphatic rings. The molecule has 1 rings (SSSR count). The van der Waals surface area contributed by atoms with Gasteiger partial charge in [0.15, 0.2) is 22.5 Å². The van der Waals surface area contributed by atoms with E-state index in [1.54, 1.807) is 0 Å². The summed E-state index contributed by atoms with van der Waals surface area (Å²) < 4.78 is 0. The van der Waals surface area contributed by atoms with Crippen molar-refractivity contribution in [1.82, 2.24) is 25.9 Å². The molecule has 22 heavy (non-hydrogen) atoms. The Kier molecular flexibility index (Phi) is 7.29. The summed E-state index contributed by atoms with van der Waals surface area (Å²) in [7, 11) is 0. The summed E-state index contributed by atoms with van der Waals surface area (Å²) in [5.74, 6) is -0.840. The molecule has 0 aromatic carbocycles. The van der Waals surface area contributed by atoms with Crippen LogP contribution in [-0.2, 0) is 4.79 Å². The van der Waals surface area contributed by atoms with Crippen LogP contribution in [0.1, 0.15) is 10.5 Å². The van der Waals surface area contributed by atoms with Gasteiger partial charge < -0.3 is 33.2 Å². The van der Waals surface area contributed by atoms with Crippen LogP contribution >= 0.6 is 11.6 Å². The van der Waals surface area contributed by atoms with Crippen molar-refractivity contribution >= 4 is 35.1 Å². The van der Waals surface area contributed by atoms with E-state index >= 15 is 0 Å². The zero-order valence-corrected chi connectivity index (χ0v) is 12.6. The van der Waals surface area contributed by atoms with E-state index in [9.17, 15) is 9.59 Å². The van der Waals surface area contributed by atoms with Gasteiger partial charge in [-0.2, -0.15) is 0 Å². The third-order valence-electron chi connectivity index (χ3n) is 2.46. The first-order valence-corrected chi connectivity index (χ1v) is 6.87. The Hall–Kier alpha value is -2.17. The lowest BCUT2D eigenvalue weighted by atomic mass is 10.3. The Balaban J connectivity index is 2.32. The maximum atomic E-state index is 11.9. The molecular weight excluding hydrogens is 312 g/mol. The van der Waals surface area contributed by atoms with Gasteiger partial charge in [-0.3, -0.25) is 9.59 Å². The van der Waals surface area contributed by atoms with Gasteiger partial charge in [-0.1, -0.05) is 11.6 Å². The van der Waals surface area contributed by atoms with E-state index in [4.69, 9.17) is 28.8 Å². The standard InChI is InChI=1S/C11H19ClN8O2/c12-8-10(15)20-9(14)7(19-8)11(22)18-4-3-16-5-6(21)17-2-1-13/h16H,1-5,13H2,(H,17,21)(H,18,22)(H4,14,15,20). The highest BCUT2D eigenvalue weighted by Gasteiger charge is 2.15. The first-order chi connectivity index (χ1) is 10.5. The second-order valence-electron chi connectivity index (χ2n) is 4.20. The summed E-state index contributed by atoms with van der Waals surface area (Å²) >= 11 is 5.69. The molecule has 9 N–H and O–H groups in total. The van der Waals surface area contributed by atoms with Crippen LogP contribution in [0.2, 0.25) is 5.15 Å². The number of nitrogen functional groups attached to an aromatic ring is 2. The molecule has 0 saturated carbocycles. The van der Waals surface area contributed by atoms with E-state index in [-0.39, 0.29) is 41.5 Å². The van der Waals surface area contributed by atoms with E-state index in [1.165, 1.54) is 0 Å². The number of nitrogens with one attached hydrogen (secondary N) is 3. The fraction of sp³-hybridized carbons (Fsp3) is 0.455. The van der Waals surface area contributed by atoms with Crippen LogP contribution in [0.4, 0.5) is 11.6 Å². The van der Waals surface area contributed by atoms with Gasteiger partial charge in [-0.05, 0) is 0 Å². The van der Waals surface area contributed by atoms with Crippen molar-refractivity contribution in [2.24, 2.45) is 5.73 Å². The molecule has 0 unspecified atom stereocenters. The third-order valence-corrected chi connectivity index (χ3v) is 2.74. The number of aromatic nitrogens is 2. The number of halogens is 1. The normalized spacial score (nSPS) is 10.3. The number of anilines is 2. The maximum absolute atomic E-state index is 11.9. The monoisotopic (exact) mass is 330 g/mol. The number of carbonyl (C=O) groups is 2. The van der Waals surface area contributed by atoms with Crippen LogP contribution < -0.4 is 33.2 Å². The van der Waals surface area contributed by atoms with E-state index in [2.05, 4.69) is 25.9 Å². The number of rotatable bonds is 8. The van der Waals surface area contributed by atoms with Gasteiger partial charge >= 0.3 is 0 Å². The Labute approximate surface area is 132 Å². The molecule has 0 atom stereocenters. The minimum atomic E-state index is -0.527. The second-order valence-corrected chi connectivity index (χ2v) is 4.56. The van der Waals surface area contributed by atoms with Crippen molar-refractivity contribution in [3.63, 3.8) is 0 Å². The zero-order chi connectivity index (χ0) is 16.5. The summed E-state index contributed by atoms with van der Waals surface area (Å²) in [4.78, 5) is 30.6. The van der Waals surface area contributed by atoms with Crippen molar-refractivity contribution in [2.75, 3.05) is 44.2 Å². The van der Waals surface area contributed by atoms with Crippen LogP contribution in [0.25, 0.3) is 0 Å². The number of amides is 2. The van der Waals surface area contributed by atoms with Gasteiger partial charge in [0.05, 0.1) is 6.54 Å². The molecule has 0 saturated heterocycles. The minimum Gasteiger partial charge on any atom is -0.382 e. The Morgan fingerprint density at radius 2 is 1.77 bits per heavy atom.